The molecule has 2 rings (SSSR count). The predicted octanol–water partition coefficient (Wildman–Crippen LogP) is 3.62. The van der Waals surface area contributed by atoms with Gasteiger partial charge in [0.05, 0.1) is 6.07 Å². The molecular formula is C16H20N4O. The monoisotopic (exact) mass is 284 g/mol. The number of rotatable bonds is 5. The van der Waals surface area contributed by atoms with Crippen molar-refractivity contribution >= 4 is 0 Å². The average Bonchev–Trinajstić information content (AvgIpc) is 2.87. The molecule has 0 aromatic carbocycles. The van der Waals surface area contributed by atoms with E-state index >= 15 is 0 Å². The van der Waals surface area contributed by atoms with Crippen molar-refractivity contribution in [1.82, 2.24) is 15.1 Å². The molecule has 0 saturated carbocycles. The van der Waals surface area contributed by atoms with E-state index in [1.807, 2.05) is 19.9 Å². The van der Waals surface area contributed by atoms with Crippen molar-refractivity contribution in [3.8, 4) is 17.6 Å². The number of pyridine rings is 1. The van der Waals surface area contributed by atoms with Gasteiger partial charge in [0, 0.05) is 19.0 Å². The van der Waals surface area contributed by atoms with Crippen LogP contribution < -0.4 is 0 Å². The normalized spacial score (nSPS) is 13.7. The van der Waals surface area contributed by atoms with Crippen LogP contribution in [0.5, 0.6) is 0 Å². The summed E-state index contributed by atoms with van der Waals surface area (Å²) in [6.45, 7) is 8.12. The Bertz CT molecular complexity index is 671. The van der Waals surface area contributed by atoms with Gasteiger partial charge in [0.25, 0.3) is 0 Å². The number of aromatic nitrogens is 3. The Labute approximate surface area is 125 Å². The lowest BCUT2D eigenvalue weighted by Crippen LogP contribution is -2.18. The van der Waals surface area contributed by atoms with E-state index in [0.29, 0.717) is 24.6 Å². The zero-order valence-corrected chi connectivity index (χ0v) is 13.0. The van der Waals surface area contributed by atoms with Crippen molar-refractivity contribution in [2.24, 2.45) is 5.41 Å². The minimum atomic E-state index is -0.131. The molecule has 0 aliphatic heterocycles. The highest BCUT2D eigenvalue weighted by atomic mass is 16.5. The van der Waals surface area contributed by atoms with Gasteiger partial charge in [-0.15, -0.1) is 0 Å². The Kier molecular flexibility index (Phi) is 4.37. The first kappa shape index (κ1) is 15.2. The SMILES string of the molecule is CCC(C)(CC#N)Cc1nc(-c2ncc(C)cc2C)no1. The van der Waals surface area contributed by atoms with Crippen LogP contribution in [-0.2, 0) is 6.42 Å². The minimum absolute atomic E-state index is 0.131. The topological polar surface area (TPSA) is 75.6 Å². The summed E-state index contributed by atoms with van der Waals surface area (Å²) in [6.07, 6.45) is 3.77. The van der Waals surface area contributed by atoms with E-state index in [2.05, 4.69) is 35.0 Å². The fraction of sp³-hybridized carbons (Fsp3) is 0.500. The van der Waals surface area contributed by atoms with Gasteiger partial charge >= 0.3 is 0 Å². The molecule has 0 spiro atoms. The molecule has 0 aliphatic carbocycles. The molecule has 0 radical (unpaired) electrons. The van der Waals surface area contributed by atoms with Gasteiger partial charge < -0.3 is 4.52 Å². The van der Waals surface area contributed by atoms with Gasteiger partial charge in [-0.3, -0.25) is 4.98 Å². The number of nitriles is 1. The Morgan fingerprint density at radius 3 is 2.76 bits per heavy atom. The van der Waals surface area contributed by atoms with E-state index < -0.39 is 0 Å². The summed E-state index contributed by atoms with van der Waals surface area (Å²) in [5, 5.41) is 13.0. The highest BCUT2D eigenvalue weighted by Crippen LogP contribution is 2.30. The van der Waals surface area contributed by atoms with E-state index in [1.54, 1.807) is 6.20 Å². The van der Waals surface area contributed by atoms with E-state index in [9.17, 15) is 0 Å². The highest BCUT2D eigenvalue weighted by Gasteiger charge is 2.26. The molecule has 0 amide bonds. The Hall–Kier alpha value is -2.22. The van der Waals surface area contributed by atoms with Crippen LogP contribution in [0.25, 0.3) is 11.5 Å². The zero-order chi connectivity index (χ0) is 15.5. The van der Waals surface area contributed by atoms with Gasteiger partial charge in [-0.25, -0.2) is 0 Å². The van der Waals surface area contributed by atoms with E-state index in [4.69, 9.17) is 9.78 Å². The Morgan fingerprint density at radius 2 is 2.14 bits per heavy atom. The third-order valence-corrected chi connectivity index (χ3v) is 3.83. The fourth-order valence-electron chi connectivity index (χ4n) is 2.24. The van der Waals surface area contributed by atoms with Gasteiger partial charge in [0.2, 0.25) is 11.7 Å². The maximum Gasteiger partial charge on any atom is 0.227 e. The molecule has 0 saturated heterocycles. The molecule has 0 bridgehead atoms. The van der Waals surface area contributed by atoms with Gasteiger partial charge in [-0.1, -0.05) is 25.1 Å². The van der Waals surface area contributed by atoms with Crippen molar-refractivity contribution < 1.29 is 4.52 Å². The van der Waals surface area contributed by atoms with Crippen molar-refractivity contribution in [1.29, 1.82) is 5.26 Å². The van der Waals surface area contributed by atoms with Crippen molar-refractivity contribution in [3.05, 3.63) is 29.3 Å². The second-order valence-corrected chi connectivity index (χ2v) is 5.87. The predicted molar refractivity (Wildman–Crippen MR) is 79.3 cm³/mol. The number of hydrogen-bond acceptors (Lipinski definition) is 5. The minimum Gasteiger partial charge on any atom is -0.339 e. The standard InChI is InChI=1S/C16H20N4O/c1-5-16(4,6-7-17)9-13-19-15(20-21-13)14-12(3)8-11(2)10-18-14/h8,10H,5-6,9H2,1-4H3. The van der Waals surface area contributed by atoms with Gasteiger partial charge in [-0.05, 0) is 36.8 Å². The fourth-order valence-corrected chi connectivity index (χ4v) is 2.24. The summed E-state index contributed by atoms with van der Waals surface area (Å²) in [6, 6.07) is 4.28. The Balaban J connectivity index is 2.24. The summed E-state index contributed by atoms with van der Waals surface area (Å²) in [7, 11) is 0. The van der Waals surface area contributed by atoms with Gasteiger partial charge in [0.15, 0.2) is 0 Å². The quantitative estimate of drug-likeness (QED) is 0.838. The first-order chi connectivity index (χ1) is 9.97. The average molecular weight is 284 g/mol. The molecule has 1 atom stereocenters. The van der Waals surface area contributed by atoms with E-state index in [0.717, 1.165) is 23.2 Å². The Morgan fingerprint density at radius 1 is 1.38 bits per heavy atom. The molecule has 1 unspecified atom stereocenters. The number of hydrogen-bond donors (Lipinski definition) is 0. The van der Waals surface area contributed by atoms with Crippen LogP contribution in [0, 0.1) is 30.6 Å². The number of nitrogens with zero attached hydrogens (tertiary/aromatic N) is 4. The lowest BCUT2D eigenvalue weighted by Gasteiger charge is -2.22. The second-order valence-electron chi connectivity index (χ2n) is 5.87. The highest BCUT2D eigenvalue weighted by molar-refractivity contribution is 5.53. The van der Waals surface area contributed by atoms with Gasteiger partial charge in [0.1, 0.15) is 5.69 Å². The van der Waals surface area contributed by atoms with Crippen LogP contribution in [0.2, 0.25) is 0 Å². The lowest BCUT2D eigenvalue weighted by molar-refractivity contribution is 0.266. The molecular weight excluding hydrogens is 264 g/mol. The third kappa shape index (κ3) is 3.46. The maximum atomic E-state index is 8.93. The van der Waals surface area contributed by atoms with Crippen molar-refractivity contribution in [3.63, 3.8) is 0 Å². The largest absolute Gasteiger partial charge is 0.339 e. The van der Waals surface area contributed by atoms with Crippen molar-refractivity contribution in [2.45, 2.75) is 47.0 Å². The first-order valence-electron chi connectivity index (χ1n) is 7.10. The van der Waals surface area contributed by atoms with Crippen LogP contribution in [0.1, 0.15) is 43.7 Å². The molecule has 0 aliphatic rings. The molecule has 5 nitrogen and oxygen atoms in total. The zero-order valence-electron chi connectivity index (χ0n) is 13.0. The molecule has 2 aromatic heterocycles. The van der Waals surface area contributed by atoms with E-state index in [-0.39, 0.29) is 5.41 Å². The summed E-state index contributed by atoms with van der Waals surface area (Å²) in [5.41, 5.74) is 2.74. The molecule has 5 heteroatoms. The van der Waals surface area contributed by atoms with E-state index in [1.165, 1.54) is 0 Å². The second kappa shape index (κ2) is 6.04. The van der Waals surface area contributed by atoms with Crippen LogP contribution in [0.15, 0.2) is 16.8 Å². The summed E-state index contributed by atoms with van der Waals surface area (Å²) >= 11 is 0. The molecule has 0 N–H and O–H groups in total. The smallest absolute Gasteiger partial charge is 0.227 e. The molecule has 2 aromatic rings. The third-order valence-electron chi connectivity index (χ3n) is 3.83. The van der Waals surface area contributed by atoms with Crippen LogP contribution in [0.4, 0.5) is 0 Å². The lowest BCUT2D eigenvalue weighted by atomic mass is 9.81. The number of aryl methyl sites for hydroxylation is 2. The van der Waals surface area contributed by atoms with Crippen molar-refractivity contribution in [2.75, 3.05) is 0 Å². The summed E-state index contributed by atoms with van der Waals surface area (Å²) < 4.78 is 5.34. The molecule has 0 fully saturated rings. The first-order valence-corrected chi connectivity index (χ1v) is 7.10. The molecule has 2 heterocycles. The van der Waals surface area contributed by atoms with Gasteiger partial charge in [-0.2, -0.15) is 10.2 Å². The molecule has 21 heavy (non-hydrogen) atoms. The van der Waals surface area contributed by atoms with Crippen LogP contribution in [0.3, 0.4) is 0 Å². The van der Waals surface area contributed by atoms with Crippen LogP contribution in [-0.4, -0.2) is 15.1 Å². The molecule has 110 valence electrons. The summed E-state index contributed by atoms with van der Waals surface area (Å²) in [4.78, 5) is 8.81. The van der Waals surface area contributed by atoms with Crippen LogP contribution >= 0.6 is 0 Å². The maximum absolute atomic E-state index is 8.93. The summed E-state index contributed by atoms with van der Waals surface area (Å²) in [5.74, 6) is 1.07.